The highest BCUT2D eigenvalue weighted by molar-refractivity contribution is 7.89. The van der Waals surface area contributed by atoms with Gasteiger partial charge in [-0.3, -0.25) is 14.4 Å². The van der Waals surface area contributed by atoms with Crippen molar-refractivity contribution >= 4 is 55.8 Å². The van der Waals surface area contributed by atoms with Gasteiger partial charge in [0, 0.05) is 29.7 Å². The lowest BCUT2D eigenvalue weighted by atomic mass is 9.95. The predicted molar refractivity (Wildman–Crippen MR) is 205 cm³/mol. The lowest BCUT2D eigenvalue weighted by Gasteiger charge is -2.21. The number of sulfonamides is 1. The molecule has 0 atom stereocenters. The first-order valence-corrected chi connectivity index (χ1v) is 19.7. The van der Waals surface area contributed by atoms with E-state index in [0.717, 1.165) is 58.0 Å². The molecule has 1 heterocycles. The van der Waals surface area contributed by atoms with Crippen molar-refractivity contribution in [3.05, 3.63) is 111 Å². The fourth-order valence-corrected chi connectivity index (χ4v) is 8.47. The number of ether oxygens (including phenoxy) is 2. The number of rotatable bonds is 13. The molecule has 0 saturated carbocycles. The molecular formula is C40H45N3O8S2. The van der Waals surface area contributed by atoms with Crippen molar-refractivity contribution in [3.63, 3.8) is 0 Å². The molecule has 0 bridgehead atoms. The SMILES string of the molecule is COC(=O)c1ccc(CCc2ccc(NC(=O)c3c(NC(=O)c4cccc(S(=O)(=O)N(C)CCC(=O)OC(C)(C)C)c4)sc4c3CCCC4)cc2)cc1. The lowest BCUT2D eigenvalue weighted by Crippen LogP contribution is -2.31. The number of thiophene rings is 1. The molecule has 13 heteroatoms. The van der Waals surface area contributed by atoms with Gasteiger partial charge in [0.2, 0.25) is 10.0 Å². The number of amides is 2. The van der Waals surface area contributed by atoms with Gasteiger partial charge in [0.05, 0.1) is 29.6 Å². The molecule has 5 rings (SSSR count). The Bertz CT molecular complexity index is 2080. The summed E-state index contributed by atoms with van der Waals surface area (Å²) in [6.07, 6.45) is 4.86. The van der Waals surface area contributed by atoms with Crippen molar-refractivity contribution in [1.29, 1.82) is 0 Å². The van der Waals surface area contributed by atoms with Crippen LogP contribution in [0.15, 0.2) is 77.7 Å². The summed E-state index contributed by atoms with van der Waals surface area (Å²) in [5, 5.41) is 6.31. The minimum atomic E-state index is -4.02. The number of aryl methyl sites for hydroxylation is 3. The number of nitrogens with one attached hydrogen (secondary N) is 2. The molecule has 1 aliphatic rings. The molecular weight excluding hydrogens is 715 g/mol. The number of carbonyl (C=O) groups excluding carboxylic acids is 4. The minimum absolute atomic E-state index is 0.0935. The first kappa shape index (κ1) is 39.4. The fraction of sp³-hybridized carbons (Fsp3) is 0.350. The van der Waals surface area contributed by atoms with E-state index in [2.05, 4.69) is 10.6 Å². The monoisotopic (exact) mass is 759 g/mol. The van der Waals surface area contributed by atoms with Crippen LogP contribution in [-0.2, 0) is 50.0 Å². The second kappa shape index (κ2) is 16.9. The van der Waals surface area contributed by atoms with Crippen LogP contribution in [0, 0.1) is 0 Å². The average molecular weight is 760 g/mol. The van der Waals surface area contributed by atoms with Gasteiger partial charge in [0.25, 0.3) is 11.8 Å². The Morgan fingerprint density at radius 1 is 0.830 bits per heavy atom. The summed E-state index contributed by atoms with van der Waals surface area (Å²) in [6.45, 7) is 5.12. The van der Waals surface area contributed by atoms with Crippen molar-refractivity contribution in [2.45, 2.75) is 76.2 Å². The Morgan fingerprint density at radius 3 is 2.11 bits per heavy atom. The normalized spacial score (nSPS) is 12.9. The zero-order valence-corrected chi connectivity index (χ0v) is 32.2. The number of anilines is 2. The molecule has 0 fully saturated rings. The molecule has 1 aromatic heterocycles. The number of benzene rings is 3. The van der Waals surface area contributed by atoms with E-state index in [0.29, 0.717) is 28.2 Å². The quantitative estimate of drug-likeness (QED) is 0.138. The molecule has 280 valence electrons. The van der Waals surface area contributed by atoms with Crippen LogP contribution in [0.3, 0.4) is 0 Å². The largest absolute Gasteiger partial charge is 0.465 e. The third-order valence-corrected chi connectivity index (χ3v) is 11.8. The van der Waals surface area contributed by atoms with Gasteiger partial charge < -0.3 is 20.1 Å². The molecule has 1 aliphatic carbocycles. The Balaban J connectivity index is 1.26. The van der Waals surface area contributed by atoms with Crippen molar-refractivity contribution in [2.75, 3.05) is 31.3 Å². The van der Waals surface area contributed by atoms with Crippen LogP contribution in [0.1, 0.15) is 92.7 Å². The van der Waals surface area contributed by atoms with E-state index < -0.39 is 27.5 Å². The van der Waals surface area contributed by atoms with Crippen LogP contribution >= 0.6 is 11.3 Å². The molecule has 53 heavy (non-hydrogen) atoms. The zero-order chi connectivity index (χ0) is 38.3. The molecule has 4 aromatic rings. The van der Waals surface area contributed by atoms with E-state index in [1.807, 2.05) is 36.4 Å². The molecule has 0 aliphatic heterocycles. The van der Waals surface area contributed by atoms with Gasteiger partial charge in [-0.15, -0.1) is 11.3 Å². The third-order valence-electron chi connectivity index (χ3n) is 8.77. The van der Waals surface area contributed by atoms with E-state index in [1.165, 1.54) is 49.8 Å². The number of methoxy groups -OCH3 is 1. The Kier molecular flexibility index (Phi) is 12.5. The van der Waals surface area contributed by atoms with Crippen LogP contribution in [0.4, 0.5) is 10.7 Å². The number of nitrogens with zero attached hydrogens (tertiary/aromatic N) is 1. The van der Waals surface area contributed by atoms with Crippen LogP contribution < -0.4 is 10.6 Å². The predicted octanol–water partition coefficient (Wildman–Crippen LogP) is 7.06. The van der Waals surface area contributed by atoms with Gasteiger partial charge in [0.15, 0.2) is 0 Å². The maximum absolute atomic E-state index is 13.8. The highest BCUT2D eigenvalue weighted by atomic mass is 32.2. The van der Waals surface area contributed by atoms with E-state index in [4.69, 9.17) is 9.47 Å². The molecule has 2 amide bonds. The van der Waals surface area contributed by atoms with Crippen LogP contribution in [0.2, 0.25) is 0 Å². The average Bonchev–Trinajstić information content (AvgIpc) is 3.50. The van der Waals surface area contributed by atoms with E-state index >= 15 is 0 Å². The number of carbonyl (C=O) groups is 4. The molecule has 0 radical (unpaired) electrons. The molecule has 3 aromatic carbocycles. The van der Waals surface area contributed by atoms with Crippen LogP contribution in [0.5, 0.6) is 0 Å². The summed E-state index contributed by atoms with van der Waals surface area (Å²) >= 11 is 1.37. The highest BCUT2D eigenvalue weighted by Gasteiger charge is 2.28. The van der Waals surface area contributed by atoms with E-state index in [1.54, 1.807) is 32.9 Å². The zero-order valence-electron chi connectivity index (χ0n) is 30.6. The molecule has 11 nitrogen and oxygen atoms in total. The molecule has 0 unspecified atom stereocenters. The highest BCUT2D eigenvalue weighted by Crippen LogP contribution is 2.39. The van der Waals surface area contributed by atoms with E-state index in [9.17, 15) is 27.6 Å². The van der Waals surface area contributed by atoms with Crippen molar-refractivity contribution < 1.29 is 37.1 Å². The first-order valence-electron chi connectivity index (χ1n) is 17.5. The smallest absolute Gasteiger partial charge is 0.337 e. The maximum atomic E-state index is 13.8. The minimum Gasteiger partial charge on any atom is -0.465 e. The summed E-state index contributed by atoms with van der Waals surface area (Å²) < 4.78 is 37.8. The first-order chi connectivity index (χ1) is 25.1. The van der Waals surface area contributed by atoms with Gasteiger partial charge in [-0.1, -0.05) is 30.3 Å². The van der Waals surface area contributed by atoms with Gasteiger partial charge in [-0.2, -0.15) is 0 Å². The standard InChI is InChI=1S/C40H45N3O8S2/c1-40(2,3)51-34(44)23-24-43(4)53(48,49)31-10-8-9-29(25-31)36(45)42-38-35(32-11-6-7-12-33(32)52-38)37(46)41-30-21-17-27(18-22-30)14-13-26-15-19-28(20-16-26)39(47)50-5/h8-10,15-22,25H,6-7,11-14,23-24H2,1-5H3,(H,41,46)(H,42,45). The third kappa shape index (κ3) is 10.2. The Morgan fingerprint density at radius 2 is 1.47 bits per heavy atom. The maximum Gasteiger partial charge on any atom is 0.337 e. The fourth-order valence-electron chi connectivity index (χ4n) is 5.97. The Labute approximate surface area is 314 Å². The molecule has 0 spiro atoms. The van der Waals surface area contributed by atoms with Crippen LogP contribution in [-0.4, -0.2) is 62.8 Å². The van der Waals surface area contributed by atoms with Gasteiger partial charge in [-0.05, 0) is 118 Å². The lowest BCUT2D eigenvalue weighted by molar-refractivity contribution is -0.154. The summed E-state index contributed by atoms with van der Waals surface area (Å²) in [4.78, 5) is 52.2. The number of esters is 2. The number of fused-ring (bicyclic) bond motifs is 1. The summed E-state index contributed by atoms with van der Waals surface area (Å²) in [6, 6.07) is 20.6. The van der Waals surface area contributed by atoms with Gasteiger partial charge >= 0.3 is 11.9 Å². The van der Waals surface area contributed by atoms with Crippen molar-refractivity contribution in [2.24, 2.45) is 0 Å². The second-order valence-corrected chi connectivity index (χ2v) is 17.0. The van der Waals surface area contributed by atoms with Crippen LogP contribution in [0.25, 0.3) is 0 Å². The number of hydrogen-bond acceptors (Lipinski definition) is 9. The Hall–Kier alpha value is -4.85. The van der Waals surface area contributed by atoms with Gasteiger partial charge in [0.1, 0.15) is 10.6 Å². The van der Waals surface area contributed by atoms with Gasteiger partial charge in [-0.25, -0.2) is 17.5 Å². The topological polar surface area (TPSA) is 148 Å². The summed E-state index contributed by atoms with van der Waals surface area (Å²) in [5.41, 5.74) is 4.05. The second-order valence-electron chi connectivity index (χ2n) is 13.9. The summed E-state index contributed by atoms with van der Waals surface area (Å²) in [7, 11) is -1.30. The molecule has 2 N–H and O–H groups in total. The molecule has 0 saturated heterocycles. The summed E-state index contributed by atoms with van der Waals surface area (Å²) in [5.74, 6) is -1.76. The number of hydrogen-bond donors (Lipinski definition) is 2. The van der Waals surface area contributed by atoms with Crippen molar-refractivity contribution in [3.8, 4) is 0 Å². The van der Waals surface area contributed by atoms with E-state index in [-0.39, 0.29) is 35.3 Å². The van der Waals surface area contributed by atoms with Crippen molar-refractivity contribution in [1.82, 2.24) is 4.31 Å².